The molecule has 0 fully saturated rings. The molecule has 0 radical (unpaired) electrons. The second-order valence-electron chi connectivity index (χ2n) is 6.81. The molecule has 0 saturated heterocycles. The predicted molar refractivity (Wildman–Crippen MR) is 95.3 cm³/mol. The Bertz CT molecular complexity index is 479. The molecule has 0 bridgehead atoms. The summed E-state index contributed by atoms with van der Waals surface area (Å²) in [4.78, 5) is 47.7. The third-order valence-corrected chi connectivity index (χ3v) is 3.87. The van der Waals surface area contributed by atoms with Crippen molar-refractivity contribution in [2.75, 3.05) is 7.05 Å². The van der Waals surface area contributed by atoms with Crippen molar-refractivity contribution in [3.05, 3.63) is 0 Å². The molecule has 4 amide bonds. The lowest BCUT2D eigenvalue weighted by atomic mass is 10.0. The minimum absolute atomic E-state index is 0.164. The van der Waals surface area contributed by atoms with Crippen LogP contribution >= 0.6 is 0 Å². The zero-order valence-corrected chi connectivity index (χ0v) is 15.8. The van der Waals surface area contributed by atoms with Gasteiger partial charge in [0, 0.05) is 13.5 Å². The van der Waals surface area contributed by atoms with E-state index in [0.717, 1.165) is 6.42 Å². The van der Waals surface area contributed by atoms with Crippen LogP contribution < -0.4 is 21.7 Å². The third-order valence-electron chi connectivity index (χ3n) is 3.87. The Kier molecular flexibility index (Phi) is 10.5. The van der Waals surface area contributed by atoms with Crippen LogP contribution in [0.25, 0.3) is 0 Å². The standard InChI is InChI=1S/C17H32N4O4/c1-6-11(4)8-15(23)20-13(9-14(18)22)17(25)21-12(7-10(2)3)16(24)19-5/h10-13H,6-9H2,1-5H3,(H2,18,22)(H,19,24)(H,20,23)(H,21,25)/t11-,12-,13-/m0/s1. The van der Waals surface area contributed by atoms with Crippen molar-refractivity contribution in [2.24, 2.45) is 17.6 Å². The minimum Gasteiger partial charge on any atom is -0.370 e. The smallest absolute Gasteiger partial charge is 0.243 e. The highest BCUT2D eigenvalue weighted by Crippen LogP contribution is 2.08. The zero-order chi connectivity index (χ0) is 19.6. The largest absolute Gasteiger partial charge is 0.370 e. The Balaban J connectivity index is 5.04. The predicted octanol–water partition coefficient (Wildman–Crippen LogP) is 0.0597. The van der Waals surface area contributed by atoms with Gasteiger partial charge in [0.2, 0.25) is 23.6 Å². The fraction of sp³-hybridized carbons (Fsp3) is 0.765. The molecule has 0 unspecified atom stereocenters. The van der Waals surface area contributed by atoms with Crippen molar-refractivity contribution in [3.8, 4) is 0 Å². The number of rotatable bonds is 11. The number of nitrogens with two attached hydrogens (primary N) is 1. The first kappa shape index (κ1) is 22.9. The molecule has 0 aliphatic heterocycles. The van der Waals surface area contributed by atoms with Crippen molar-refractivity contribution in [2.45, 2.75) is 65.5 Å². The van der Waals surface area contributed by atoms with Gasteiger partial charge < -0.3 is 21.7 Å². The fourth-order valence-corrected chi connectivity index (χ4v) is 2.27. The summed E-state index contributed by atoms with van der Waals surface area (Å²) in [5, 5.41) is 7.65. The molecule has 5 N–H and O–H groups in total. The highest BCUT2D eigenvalue weighted by molar-refractivity contribution is 5.94. The molecule has 0 aliphatic rings. The molecule has 0 rings (SSSR count). The van der Waals surface area contributed by atoms with Gasteiger partial charge in [-0.3, -0.25) is 19.2 Å². The van der Waals surface area contributed by atoms with Gasteiger partial charge >= 0.3 is 0 Å². The topological polar surface area (TPSA) is 130 Å². The summed E-state index contributed by atoms with van der Waals surface area (Å²) >= 11 is 0. The molecule has 0 aromatic rings. The monoisotopic (exact) mass is 356 g/mol. The Hall–Kier alpha value is -2.12. The number of amides is 4. The molecule has 25 heavy (non-hydrogen) atoms. The number of hydrogen-bond donors (Lipinski definition) is 4. The van der Waals surface area contributed by atoms with Gasteiger partial charge in [-0.2, -0.15) is 0 Å². The average molecular weight is 356 g/mol. The Morgan fingerprint density at radius 3 is 1.96 bits per heavy atom. The molecule has 144 valence electrons. The van der Waals surface area contributed by atoms with Crippen molar-refractivity contribution in [1.29, 1.82) is 0 Å². The number of primary amides is 1. The summed E-state index contributed by atoms with van der Waals surface area (Å²) in [6, 6.07) is -1.83. The van der Waals surface area contributed by atoms with E-state index in [-0.39, 0.29) is 36.5 Å². The molecule has 0 aromatic heterocycles. The first-order valence-electron chi connectivity index (χ1n) is 8.70. The summed E-state index contributed by atoms with van der Waals surface area (Å²) in [6.45, 7) is 7.74. The quantitative estimate of drug-likeness (QED) is 0.417. The van der Waals surface area contributed by atoms with E-state index in [1.807, 2.05) is 27.7 Å². The maximum Gasteiger partial charge on any atom is 0.243 e. The SMILES string of the molecule is CC[C@H](C)CC(=O)N[C@@H](CC(N)=O)C(=O)N[C@@H](CC(C)C)C(=O)NC. The van der Waals surface area contributed by atoms with E-state index in [4.69, 9.17) is 5.73 Å². The maximum atomic E-state index is 12.5. The Morgan fingerprint density at radius 1 is 0.920 bits per heavy atom. The molecule has 0 aliphatic carbocycles. The van der Waals surface area contributed by atoms with Gasteiger partial charge in [0.25, 0.3) is 0 Å². The van der Waals surface area contributed by atoms with Crippen molar-refractivity contribution >= 4 is 23.6 Å². The van der Waals surface area contributed by atoms with E-state index in [2.05, 4.69) is 16.0 Å². The first-order chi connectivity index (χ1) is 11.6. The Labute approximate surface area is 149 Å². The summed E-state index contributed by atoms with van der Waals surface area (Å²) in [5.41, 5.74) is 5.18. The van der Waals surface area contributed by atoms with Crippen LogP contribution in [0.3, 0.4) is 0 Å². The van der Waals surface area contributed by atoms with Gasteiger partial charge in [0.05, 0.1) is 6.42 Å². The number of carbonyl (C=O) groups is 4. The molecular formula is C17H32N4O4. The van der Waals surface area contributed by atoms with Crippen LogP contribution in [0.4, 0.5) is 0 Å². The molecule has 3 atom stereocenters. The summed E-state index contributed by atoms with van der Waals surface area (Å²) < 4.78 is 0. The average Bonchev–Trinajstić information content (AvgIpc) is 2.51. The maximum absolute atomic E-state index is 12.5. The summed E-state index contributed by atoms with van der Waals surface area (Å²) in [7, 11) is 1.48. The van der Waals surface area contributed by atoms with Gasteiger partial charge in [0.15, 0.2) is 0 Å². The van der Waals surface area contributed by atoms with Gasteiger partial charge in [0.1, 0.15) is 12.1 Å². The van der Waals surface area contributed by atoms with Crippen LogP contribution in [-0.4, -0.2) is 42.8 Å². The number of carbonyl (C=O) groups excluding carboxylic acids is 4. The second kappa shape index (κ2) is 11.4. The summed E-state index contributed by atoms with van der Waals surface area (Å²) in [5.74, 6) is -1.61. The van der Waals surface area contributed by atoms with Crippen LogP contribution in [0.15, 0.2) is 0 Å². The van der Waals surface area contributed by atoms with Crippen LogP contribution in [0.2, 0.25) is 0 Å². The molecule has 0 saturated carbocycles. The van der Waals surface area contributed by atoms with Crippen LogP contribution in [-0.2, 0) is 19.2 Å². The van der Waals surface area contributed by atoms with Gasteiger partial charge in [-0.25, -0.2) is 0 Å². The van der Waals surface area contributed by atoms with Gasteiger partial charge in [-0.1, -0.05) is 34.1 Å². The second-order valence-corrected chi connectivity index (χ2v) is 6.81. The highest BCUT2D eigenvalue weighted by Gasteiger charge is 2.28. The zero-order valence-electron chi connectivity index (χ0n) is 15.8. The molecule has 0 spiro atoms. The van der Waals surface area contributed by atoms with E-state index in [1.165, 1.54) is 7.05 Å². The van der Waals surface area contributed by atoms with Crippen LogP contribution in [0, 0.1) is 11.8 Å². The number of hydrogen-bond acceptors (Lipinski definition) is 4. The van der Waals surface area contributed by atoms with Crippen molar-refractivity contribution in [3.63, 3.8) is 0 Å². The van der Waals surface area contributed by atoms with Gasteiger partial charge in [-0.15, -0.1) is 0 Å². The van der Waals surface area contributed by atoms with Crippen molar-refractivity contribution in [1.82, 2.24) is 16.0 Å². The van der Waals surface area contributed by atoms with E-state index < -0.39 is 23.9 Å². The van der Waals surface area contributed by atoms with E-state index >= 15 is 0 Å². The first-order valence-corrected chi connectivity index (χ1v) is 8.70. The fourth-order valence-electron chi connectivity index (χ4n) is 2.27. The lowest BCUT2D eigenvalue weighted by Crippen LogP contribution is -2.54. The third kappa shape index (κ3) is 9.69. The molecule has 8 heteroatoms. The lowest BCUT2D eigenvalue weighted by Gasteiger charge is -2.23. The molecule has 0 heterocycles. The van der Waals surface area contributed by atoms with Crippen LogP contribution in [0.1, 0.15) is 53.4 Å². The highest BCUT2D eigenvalue weighted by atomic mass is 16.2. The lowest BCUT2D eigenvalue weighted by molar-refractivity contribution is -0.133. The van der Waals surface area contributed by atoms with Crippen molar-refractivity contribution < 1.29 is 19.2 Å². The van der Waals surface area contributed by atoms with E-state index in [1.54, 1.807) is 0 Å². The summed E-state index contributed by atoms with van der Waals surface area (Å²) in [6.07, 6.45) is 1.20. The number of likely N-dealkylation sites (N-methyl/N-ethyl adjacent to an activating group) is 1. The Morgan fingerprint density at radius 2 is 1.52 bits per heavy atom. The molecule has 8 nitrogen and oxygen atoms in total. The molecular weight excluding hydrogens is 324 g/mol. The van der Waals surface area contributed by atoms with Crippen LogP contribution in [0.5, 0.6) is 0 Å². The molecule has 0 aromatic carbocycles. The normalized spacial score (nSPS) is 14.3. The van der Waals surface area contributed by atoms with E-state index in [0.29, 0.717) is 6.42 Å². The minimum atomic E-state index is -1.09. The van der Waals surface area contributed by atoms with Gasteiger partial charge in [-0.05, 0) is 18.3 Å². The van der Waals surface area contributed by atoms with E-state index in [9.17, 15) is 19.2 Å². The number of nitrogens with one attached hydrogen (secondary N) is 3.